The van der Waals surface area contributed by atoms with Gasteiger partial charge in [-0.1, -0.05) is 39.3 Å². The Morgan fingerprint density at radius 1 is 0.771 bits per heavy atom. The van der Waals surface area contributed by atoms with Crippen LogP contribution in [0.5, 0.6) is 11.5 Å². The first-order valence-electron chi connectivity index (χ1n) is 19.4. The van der Waals surface area contributed by atoms with Gasteiger partial charge in [0.05, 0.1) is 6.10 Å². The predicted molar refractivity (Wildman–Crippen MR) is 193 cm³/mol. The van der Waals surface area contributed by atoms with Crippen molar-refractivity contribution < 1.29 is 19.0 Å². The van der Waals surface area contributed by atoms with Crippen molar-refractivity contribution in [2.45, 2.75) is 135 Å². The number of nitrogen functional groups attached to an aromatic ring is 2. The van der Waals surface area contributed by atoms with Gasteiger partial charge in [0.15, 0.2) is 0 Å². The summed E-state index contributed by atoms with van der Waals surface area (Å²) in [6.07, 6.45) is 17.2. The zero-order chi connectivity index (χ0) is 33.5. The lowest BCUT2D eigenvalue weighted by atomic mass is 9.43. The number of carbonyl (C=O) groups excluding carboxylic acids is 1. The van der Waals surface area contributed by atoms with Gasteiger partial charge in [-0.3, -0.25) is 4.79 Å². The molecule has 5 saturated carbocycles. The average molecular weight is 657 g/mol. The lowest BCUT2D eigenvalue weighted by Gasteiger charge is -2.63. The molecule has 0 bridgehead atoms. The van der Waals surface area contributed by atoms with E-state index in [1.54, 1.807) is 0 Å². The third kappa shape index (κ3) is 6.66. The predicted octanol–water partition coefficient (Wildman–Crippen LogP) is 9.61. The number of fused-ring (bicyclic) bond motifs is 5. The largest absolute Gasteiger partial charge is 0.490 e. The minimum atomic E-state index is 0.0280. The molecule has 0 aliphatic heterocycles. The summed E-state index contributed by atoms with van der Waals surface area (Å²) in [4.78, 5) is 12.8. The SMILES string of the molecule is C[C@H](CCC(=O)OC1CCCCC1)[C@H]1CC[C@H]2[C@@H]3CC(Oc4cccc(N)c4)C4CC(Oc5cccc(N)c5)CC[C@]4(C)[C@H]3CC[C@]12C. The van der Waals surface area contributed by atoms with Crippen LogP contribution in [0, 0.1) is 46.3 Å². The van der Waals surface area contributed by atoms with Crippen LogP contribution in [-0.4, -0.2) is 24.3 Å². The number of ether oxygens (including phenoxy) is 3. The van der Waals surface area contributed by atoms with Crippen LogP contribution in [0.15, 0.2) is 48.5 Å². The molecule has 2 aromatic rings. The summed E-state index contributed by atoms with van der Waals surface area (Å²) in [6.45, 7) is 7.63. The smallest absolute Gasteiger partial charge is 0.306 e. The average Bonchev–Trinajstić information content (AvgIpc) is 3.42. The summed E-state index contributed by atoms with van der Waals surface area (Å²) in [6, 6.07) is 15.9. The Labute approximate surface area is 289 Å². The number of esters is 1. The number of hydrogen-bond donors (Lipinski definition) is 2. The van der Waals surface area contributed by atoms with Crippen LogP contribution >= 0.6 is 0 Å². The minimum Gasteiger partial charge on any atom is -0.490 e. The van der Waals surface area contributed by atoms with Gasteiger partial charge in [0.25, 0.3) is 0 Å². The van der Waals surface area contributed by atoms with Crippen molar-refractivity contribution >= 4 is 17.3 Å². The summed E-state index contributed by atoms with van der Waals surface area (Å²) < 4.78 is 19.5. The fourth-order valence-electron chi connectivity index (χ4n) is 12.0. The number of anilines is 2. The molecule has 5 aliphatic rings. The standard InChI is InChI=1S/C42H60N2O4/c1-27(15-18-40(45)48-30-11-5-4-6-12-30)35-16-17-36-34-26-39(47-32-14-8-10-29(44)24-32)38-25-33(46-31-13-7-9-28(43)23-31)19-21-42(38,3)37(34)20-22-41(35,36)2/h7-10,13-14,23-24,27,30,33-39H,4-6,11-12,15-22,25-26,43-44H2,1-3H3/t27-,33?,34+,35-,36+,37+,38?,39?,41-,42-/m1/s1. The molecule has 6 heteroatoms. The minimum absolute atomic E-state index is 0.0280. The maximum absolute atomic E-state index is 12.8. The molecule has 0 heterocycles. The Hall–Kier alpha value is -2.89. The molecule has 48 heavy (non-hydrogen) atoms. The van der Waals surface area contributed by atoms with E-state index in [0.717, 1.165) is 67.8 Å². The van der Waals surface area contributed by atoms with Crippen LogP contribution in [-0.2, 0) is 9.53 Å². The summed E-state index contributed by atoms with van der Waals surface area (Å²) in [5, 5.41) is 0. The molecule has 0 amide bonds. The maximum atomic E-state index is 12.8. The maximum Gasteiger partial charge on any atom is 0.306 e. The van der Waals surface area contributed by atoms with Crippen molar-refractivity contribution in [3.05, 3.63) is 48.5 Å². The quantitative estimate of drug-likeness (QED) is 0.206. The number of hydrogen-bond acceptors (Lipinski definition) is 6. The van der Waals surface area contributed by atoms with E-state index in [2.05, 4.69) is 26.8 Å². The zero-order valence-corrected chi connectivity index (χ0v) is 29.7. The highest BCUT2D eigenvalue weighted by Crippen LogP contribution is 2.68. The molecule has 5 fully saturated rings. The molecule has 0 saturated heterocycles. The van der Waals surface area contributed by atoms with E-state index in [4.69, 9.17) is 25.7 Å². The fourth-order valence-corrected chi connectivity index (χ4v) is 12.0. The molecule has 0 radical (unpaired) electrons. The van der Waals surface area contributed by atoms with Gasteiger partial charge in [-0.15, -0.1) is 0 Å². The molecule has 4 N–H and O–H groups in total. The second-order valence-electron chi connectivity index (χ2n) is 17.0. The Balaban J connectivity index is 1.07. The van der Waals surface area contributed by atoms with Crippen LogP contribution < -0.4 is 20.9 Å². The van der Waals surface area contributed by atoms with E-state index in [1.807, 2.05) is 42.5 Å². The van der Waals surface area contributed by atoms with Crippen molar-refractivity contribution in [1.82, 2.24) is 0 Å². The van der Waals surface area contributed by atoms with Gasteiger partial charge in [0.2, 0.25) is 0 Å². The van der Waals surface area contributed by atoms with E-state index >= 15 is 0 Å². The number of rotatable bonds is 9. The van der Waals surface area contributed by atoms with Gasteiger partial charge < -0.3 is 25.7 Å². The third-order valence-electron chi connectivity index (χ3n) is 14.3. The Kier molecular flexibility index (Phi) is 9.65. The van der Waals surface area contributed by atoms with E-state index < -0.39 is 0 Å². The van der Waals surface area contributed by atoms with Crippen LogP contribution in [0.1, 0.15) is 117 Å². The Morgan fingerprint density at radius 2 is 1.44 bits per heavy atom. The summed E-state index contributed by atoms with van der Waals surface area (Å²) in [5.74, 6) is 5.43. The summed E-state index contributed by atoms with van der Waals surface area (Å²) in [7, 11) is 0. The molecule has 262 valence electrons. The summed E-state index contributed by atoms with van der Waals surface area (Å²) >= 11 is 0. The van der Waals surface area contributed by atoms with Gasteiger partial charge in [-0.05, 0) is 148 Å². The molecule has 6 nitrogen and oxygen atoms in total. The van der Waals surface area contributed by atoms with E-state index in [1.165, 1.54) is 44.9 Å². The van der Waals surface area contributed by atoms with Crippen molar-refractivity contribution in [2.24, 2.45) is 46.3 Å². The van der Waals surface area contributed by atoms with Gasteiger partial charge in [-0.2, -0.15) is 0 Å². The number of nitrogens with two attached hydrogens (primary N) is 2. The van der Waals surface area contributed by atoms with E-state index in [0.29, 0.717) is 47.3 Å². The Bertz CT molecular complexity index is 1420. The number of carbonyl (C=O) groups is 1. The highest BCUT2D eigenvalue weighted by molar-refractivity contribution is 5.69. The van der Waals surface area contributed by atoms with Gasteiger partial charge in [0.1, 0.15) is 23.7 Å². The first-order valence-corrected chi connectivity index (χ1v) is 19.4. The second kappa shape index (κ2) is 13.8. The van der Waals surface area contributed by atoms with Crippen LogP contribution in [0.3, 0.4) is 0 Å². The van der Waals surface area contributed by atoms with Crippen molar-refractivity contribution in [1.29, 1.82) is 0 Å². The third-order valence-corrected chi connectivity index (χ3v) is 14.3. The first kappa shape index (κ1) is 33.6. The van der Waals surface area contributed by atoms with Gasteiger partial charge in [-0.25, -0.2) is 0 Å². The van der Waals surface area contributed by atoms with Gasteiger partial charge in [0, 0.05) is 35.8 Å². The van der Waals surface area contributed by atoms with E-state index in [-0.39, 0.29) is 29.7 Å². The molecule has 3 unspecified atom stereocenters. The van der Waals surface area contributed by atoms with Crippen molar-refractivity contribution in [3.63, 3.8) is 0 Å². The highest BCUT2D eigenvalue weighted by Gasteiger charge is 2.63. The lowest BCUT2D eigenvalue weighted by molar-refractivity contribution is -0.164. The molecule has 5 aliphatic carbocycles. The molecule has 7 rings (SSSR count). The second-order valence-corrected chi connectivity index (χ2v) is 17.0. The number of benzene rings is 2. The fraction of sp³-hybridized carbons (Fsp3) is 0.690. The first-order chi connectivity index (χ1) is 23.1. The van der Waals surface area contributed by atoms with Crippen LogP contribution in [0.4, 0.5) is 11.4 Å². The highest BCUT2D eigenvalue weighted by atomic mass is 16.5. The van der Waals surface area contributed by atoms with Crippen molar-refractivity contribution in [2.75, 3.05) is 11.5 Å². The summed E-state index contributed by atoms with van der Waals surface area (Å²) in [5.41, 5.74) is 14.3. The van der Waals surface area contributed by atoms with Crippen molar-refractivity contribution in [3.8, 4) is 11.5 Å². The topological polar surface area (TPSA) is 96.8 Å². The molecular formula is C42H60N2O4. The monoisotopic (exact) mass is 656 g/mol. The lowest BCUT2D eigenvalue weighted by Crippen LogP contribution is -2.59. The molecule has 10 atom stereocenters. The van der Waals surface area contributed by atoms with Crippen LogP contribution in [0.25, 0.3) is 0 Å². The van der Waals surface area contributed by atoms with E-state index in [9.17, 15) is 4.79 Å². The Morgan fingerprint density at radius 3 is 2.15 bits per heavy atom. The molecular weight excluding hydrogens is 596 g/mol. The molecule has 0 aromatic heterocycles. The van der Waals surface area contributed by atoms with Gasteiger partial charge >= 0.3 is 5.97 Å². The van der Waals surface area contributed by atoms with Crippen LogP contribution in [0.2, 0.25) is 0 Å². The normalized spacial score (nSPS) is 37.0. The zero-order valence-electron chi connectivity index (χ0n) is 29.7. The molecule has 2 aromatic carbocycles. The molecule has 0 spiro atoms.